The normalized spacial score (nSPS) is 9.95. The smallest absolute Gasteiger partial charge is 0.335 e. The molecule has 108 valence electrons. The fraction of sp³-hybridized carbons (Fsp3) is 0.0714. The molecule has 0 unspecified atom stereocenters. The van der Waals surface area contributed by atoms with Crippen LogP contribution in [0.25, 0.3) is 0 Å². The van der Waals surface area contributed by atoms with Gasteiger partial charge in [-0.1, -0.05) is 0 Å². The minimum absolute atomic E-state index is 0.0323. The van der Waals surface area contributed by atoms with Crippen molar-refractivity contribution in [2.45, 2.75) is 0 Å². The Morgan fingerprint density at radius 2 is 1.76 bits per heavy atom. The van der Waals surface area contributed by atoms with Crippen LogP contribution in [0.3, 0.4) is 0 Å². The largest absolute Gasteiger partial charge is 0.497 e. The number of carbonyl (C=O) groups is 1. The number of rotatable bonds is 5. The first-order valence-corrected chi connectivity index (χ1v) is 5.85. The number of hydrogen-bond acceptors (Lipinski definition) is 5. The van der Waals surface area contributed by atoms with Crippen LogP contribution in [0.1, 0.15) is 10.4 Å². The van der Waals surface area contributed by atoms with Gasteiger partial charge in [-0.3, -0.25) is 10.1 Å². The molecule has 0 amide bonds. The molecule has 2 rings (SSSR count). The van der Waals surface area contributed by atoms with Gasteiger partial charge in [-0.2, -0.15) is 0 Å². The molecule has 0 heterocycles. The van der Waals surface area contributed by atoms with E-state index in [9.17, 15) is 14.9 Å². The van der Waals surface area contributed by atoms with Crippen LogP contribution in [0.15, 0.2) is 42.5 Å². The highest BCUT2D eigenvalue weighted by Gasteiger charge is 2.19. The number of aromatic carboxylic acids is 1. The van der Waals surface area contributed by atoms with E-state index in [-0.39, 0.29) is 11.3 Å². The lowest BCUT2D eigenvalue weighted by Gasteiger charge is -2.07. The lowest BCUT2D eigenvalue weighted by molar-refractivity contribution is -0.385. The van der Waals surface area contributed by atoms with Crippen molar-refractivity contribution >= 4 is 11.7 Å². The summed E-state index contributed by atoms with van der Waals surface area (Å²) < 4.78 is 10.4. The Kier molecular flexibility index (Phi) is 4.03. The molecule has 0 fully saturated rings. The molecule has 0 aromatic heterocycles. The van der Waals surface area contributed by atoms with E-state index < -0.39 is 16.6 Å². The minimum Gasteiger partial charge on any atom is -0.497 e. The fourth-order valence-corrected chi connectivity index (χ4v) is 1.65. The molecule has 0 spiro atoms. The number of benzene rings is 2. The SMILES string of the molecule is COc1ccc(Oc2ccc(C(=O)O)cc2[N+](=O)[O-])cc1. The second-order valence-electron chi connectivity index (χ2n) is 4.02. The van der Waals surface area contributed by atoms with Crippen LogP contribution >= 0.6 is 0 Å². The van der Waals surface area contributed by atoms with Gasteiger partial charge in [0.05, 0.1) is 17.6 Å². The van der Waals surface area contributed by atoms with Crippen molar-refractivity contribution in [2.75, 3.05) is 7.11 Å². The zero-order valence-electron chi connectivity index (χ0n) is 11.0. The van der Waals surface area contributed by atoms with Crippen LogP contribution < -0.4 is 9.47 Å². The van der Waals surface area contributed by atoms with Crippen molar-refractivity contribution in [3.8, 4) is 17.2 Å². The minimum atomic E-state index is -1.24. The zero-order valence-corrected chi connectivity index (χ0v) is 11.0. The van der Waals surface area contributed by atoms with Gasteiger partial charge in [-0.15, -0.1) is 0 Å². The summed E-state index contributed by atoms with van der Waals surface area (Å²) in [7, 11) is 1.52. The molecular formula is C14H11NO6. The molecule has 7 heteroatoms. The van der Waals surface area contributed by atoms with Crippen molar-refractivity contribution in [3.05, 3.63) is 58.1 Å². The summed E-state index contributed by atoms with van der Waals surface area (Å²) in [4.78, 5) is 21.1. The summed E-state index contributed by atoms with van der Waals surface area (Å²) in [6.45, 7) is 0. The topological polar surface area (TPSA) is 98.9 Å². The summed E-state index contributed by atoms with van der Waals surface area (Å²) in [6.07, 6.45) is 0. The molecular weight excluding hydrogens is 278 g/mol. The van der Waals surface area contributed by atoms with Gasteiger partial charge in [0, 0.05) is 6.07 Å². The Labute approximate surface area is 119 Å². The number of nitrogens with zero attached hydrogens (tertiary/aromatic N) is 1. The van der Waals surface area contributed by atoms with E-state index in [4.69, 9.17) is 14.6 Å². The number of ether oxygens (including phenoxy) is 2. The molecule has 0 aliphatic heterocycles. The summed E-state index contributed by atoms with van der Waals surface area (Å²) in [5, 5.41) is 19.9. The van der Waals surface area contributed by atoms with Crippen LogP contribution in [0.2, 0.25) is 0 Å². The average Bonchev–Trinajstić information content (AvgIpc) is 2.48. The van der Waals surface area contributed by atoms with Crippen molar-refractivity contribution in [2.24, 2.45) is 0 Å². The van der Waals surface area contributed by atoms with E-state index in [0.717, 1.165) is 6.07 Å². The first-order chi connectivity index (χ1) is 10.0. The van der Waals surface area contributed by atoms with Crippen molar-refractivity contribution in [3.63, 3.8) is 0 Å². The van der Waals surface area contributed by atoms with Crippen LogP contribution in [-0.4, -0.2) is 23.1 Å². The maximum Gasteiger partial charge on any atom is 0.335 e. The van der Waals surface area contributed by atoms with E-state index >= 15 is 0 Å². The van der Waals surface area contributed by atoms with Gasteiger partial charge in [0.15, 0.2) is 0 Å². The number of nitro benzene ring substituents is 1. The zero-order chi connectivity index (χ0) is 15.4. The van der Waals surface area contributed by atoms with E-state index in [1.165, 1.54) is 19.2 Å². The predicted octanol–water partition coefficient (Wildman–Crippen LogP) is 3.09. The number of carboxylic acid groups (broad SMARTS) is 1. The Morgan fingerprint density at radius 1 is 1.14 bits per heavy atom. The van der Waals surface area contributed by atoms with Crippen LogP contribution in [-0.2, 0) is 0 Å². The van der Waals surface area contributed by atoms with E-state index in [1.807, 2.05) is 0 Å². The molecule has 21 heavy (non-hydrogen) atoms. The molecule has 0 aliphatic rings. The van der Waals surface area contributed by atoms with Gasteiger partial charge < -0.3 is 14.6 Å². The number of methoxy groups -OCH3 is 1. The molecule has 0 bridgehead atoms. The van der Waals surface area contributed by atoms with Crippen molar-refractivity contribution in [1.82, 2.24) is 0 Å². The molecule has 1 N–H and O–H groups in total. The van der Waals surface area contributed by atoms with Gasteiger partial charge >= 0.3 is 11.7 Å². The fourth-order valence-electron chi connectivity index (χ4n) is 1.65. The molecule has 0 radical (unpaired) electrons. The monoisotopic (exact) mass is 289 g/mol. The number of carboxylic acids is 1. The summed E-state index contributed by atoms with van der Waals surface area (Å²) in [5.74, 6) is -0.274. The molecule has 0 atom stereocenters. The molecule has 0 aliphatic carbocycles. The Morgan fingerprint density at radius 3 is 2.29 bits per heavy atom. The predicted molar refractivity (Wildman–Crippen MR) is 73.1 cm³/mol. The highest BCUT2D eigenvalue weighted by Crippen LogP contribution is 2.32. The third-order valence-corrected chi connectivity index (χ3v) is 2.69. The maximum absolute atomic E-state index is 11.0. The lowest BCUT2D eigenvalue weighted by atomic mass is 10.2. The van der Waals surface area contributed by atoms with Gasteiger partial charge in [0.2, 0.25) is 5.75 Å². The van der Waals surface area contributed by atoms with E-state index in [1.54, 1.807) is 24.3 Å². The van der Waals surface area contributed by atoms with Crippen LogP contribution in [0, 0.1) is 10.1 Å². The molecule has 0 saturated carbocycles. The molecule has 2 aromatic carbocycles. The van der Waals surface area contributed by atoms with Gasteiger partial charge in [0.25, 0.3) is 0 Å². The standard InChI is InChI=1S/C14H11NO6/c1-20-10-3-5-11(6-4-10)21-13-7-2-9(14(16)17)8-12(13)15(18)19/h2-8H,1H3,(H,16,17). The second-order valence-corrected chi connectivity index (χ2v) is 4.02. The molecule has 7 nitrogen and oxygen atoms in total. The summed E-state index contributed by atoms with van der Waals surface area (Å²) >= 11 is 0. The van der Waals surface area contributed by atoms with Gasteiger partial charge in [-0.05, 0) is 36.4 Å². The molecule has 2 aromatic rings. The Hall–Kier alpha value is -3.09. The third-order valence-electron chi connectivity index (χ3n) is 2.69. The van der Waals surface area contributed by atoms with E-state index in [2.05, 4.69) is 0 Å². The number of nitro groups is 1. The van der Waals surface area contributed by atoms with E-state index in [0.29, 0.717) is 11.5 Å². The third kappa shape index (κ3) is 3.27. The first-order valence-electron chi connectivity index (χ1n) is 5.85. The Balaban J connectivity index is 2.34. The maximum atomic E-state index is 11.0. The summed E-state index contributed by atoms with van der Waals surface area (Å²) in [6, 6.07) is 9.93. The average molecular weight is 289 g/mol. The van der Waals surface area contributed by atoms with Crippen molar-refractivity contribution in [1.29, 1.82) is 0 Å². The quantitative estimate of drug-likeness (QED) is 0.670. The second kappa shape index (κ2) is 5.91. The Bertz CT molecular complexity index is 680. The highest BCUT2D eigenvalue weighted by molar-refractivity contribution is 5.88. The van der Waals surface area contributed by atoms with Crippen LogP contribution in [0.5, 0.6) is 17.2 Å². The molecule has 0 saturated heterocycles. The lowest BCUT2D eigenvalue weighted by Crippen LogP contribution is -2.00. The highest BCUT2D eigenvalue weighted by atomic mass is 16.6. The van der Waals surface area contributed by atoms with Crippen molar-refractivity contribution < 1.29 is 24.3 Å². The van der Waals surface area contributed by atoms with Gasteiger partial charge in [-0.25, -0.2) is 4.79 Å². The summed E-state index contributed by atoms with van der Waals surface area (Å²) in [5.41, 5.74) is -0.588. The number of hydrogen-bond donors (Lipinski definition) is 1. The first kappa shape index (κ1) is 14.3. The van der Waals surface area contributed by atoms with Crippen LogP contribution in [0.4, 0.5) is 5.69 Å². The van der Waals surface area contributed by atoms with Gasteiger partial charge in [0.1, 0.15) is 11.5 Å².